The van der Waals surface area contributed by atoms with Crippen molar-refractivity contribution >= 4 is 23.4 Å². The number of amides is 3. The molecular formula is C26H29F2N5O3. The number of halogens is 2. The van der Waals surface area contributed by atoms with Crippen molar-refractivity contribution in [3.63, 3.8) is 0 Å². The van der Waals surface area contributed by atoms with Gasteiger partial charge in [0.05, 0.1) is 29.1 Å². The standard InChI is InChI=1S/C26H29F2N5O3/c1-2-30-15-20(23-21(16-30)26(36)33(29-23)18-6-4-3-5-7-18)25(35)32-12-10-31(11-13-32)24(34)19-9-8-17(27)14-22(19)28/h3-9,14,20-21,23,29H,2,10-13,15-16H2,1H3. The van der Waals surface area contributed by atoms with Crippen molar-refractivity contribution in [3.8, 4) is 0 Å². The molecule has 0 spiro atoms. The van der Waals surface area contributed by atoms with Crippen LogP contribution >= 0.6 is 0 Å². The number of hydrazine groups is 1. The molecule has 3 aliphatic rings. The molecule has 10 heteroatoms. The SMILES string of the molecule is CCN1CC(C(=O)N2CCN(C(=O)c3ccc(F)cc3F)CC2)C2NN(c3ccccc3)C(=O)C2C1. The van der Waals surface area contributed by atoms with E-state index in [1.165, 1.54) is 4.90 Å². The van der Waals surface area contributed by atoms with Gasteiger partial charge in [0, 0.05) is 45.3 Å². The third-order valence-corrected chi connectivity index (χ3v) is 7.41. The number of hydrogen-bond donors (Lipinski definition) is 1. The molecule has 3 aliphatic heterocycles. The van der Waals surface area contributed by atoms with Crippen LogP contribution in [0, 0.1) is 23.5 Å². The number of piperazine rings is 1. The van der Waals surface area contributed by atoms with Gasteiger partial charge in [-0.2, -0.15) is 0 Å². The highest BCUT2D eigenvalue weighted by Gasteiger charge is 2.51. The molecule has 3 saturated heterocycles. The highest BCUT2D eigenvalue weighted by atomic mass is 19.1. The third-order valence-electron chi connectivity index (χ3n) is 7.41. The van der Waals surface area contributed by atoms with Gasteiger partial charge in [-0.1, -0.05) is 25.1 Å². The van der Waals surface area contributed by atoms with E-state index < -0.39 is 23.5 Å². The first-order valence-electron chi connectivity index (χ1n) is 12.3. The number of anilines is 1. The predicted molar refractivity (Wildman–Crippen MR) is 129 cm³/mol. The van der Waals surface area contributed by atoms with Gasteiger partial charge in [-0.3, -0.25) is 14.4 Å². The van der Waals surface area contributed by atoms with Gasteiger partial charge in [-0.05, 0) is 30.8 Å². The van der Waals surface area contributed by atoms with E-state index in [0.29, 0.717) is 32.2 Å². The van der Waals surface area contributed by atoms with Gasteiger partial charge in [0.25, 0.3) is 5.91 Å². The van der Waals surface area contributed by atoms with Gasteiger partial charge in [0.1, 0.15) is 11.6 Å². The van der Waals surface area contributed by atoms with Crippen LogP contribution in [0.3, 0.4) is 0 Å². The second-order valence-electron chi connectivity index (χ2n) is 9.47. The summed E-state index contributed by atoms with van der Waals surface area (Å²) in [7, 11) is 0. The lowest BCUT2D eigenvalue weighted by Gasteiger charge is -2.42. The second kappa shape index (κ2) is 9.94. The quantitative estimate of drug-likeness (QED) is 0.697. The summed E-state index contributed by atoms with van der Waals surface area (Å²) in [6, 6.07) is 11.9. The maximum Gasteiger partial charge on any atom is 0.256 e. The van der Waals surface area contributed by atoms with E-state index in [4.69, 9.17) is 0 Å². The minimum atomic E-state index is -0.897. The number of hydrogen-bond acceptors (Lipinski definition) is 5. The zero-order valence-electron chi connectivity index (χ0n) is 20.1. The molecule has 190 valence electrons. The average molecular weight is 498 g/mol. The zero-order valence-corrected chi connectivity index (χ0v) is 20.1. The van der Waals surface area contributed by atoms with E-state index >= 15 is 0 Å². The molecule has 3 fully saturated rings. The molecule has 2 aromatic rings. The van der Waals surface area contributed by atoms with Crippen LogP contribution in [0.25, 0.3) is 0 Å². The van der Waals surface area contributed by atoms with Crippen molar-refractivity contribution in [3.05, 3.63) is 65.7 Å². The smallest absolute Gasteiger partial charge is 0.256 e. The molecule has 0 radical (unpaired) electrons. The fraction of sp³-hybridized carbons (Fsp3) is 0.423. The molecule has 0 aromatic heterocycles. The van der Waals surface area contributed by atoms with Crippen LogP contribution in [0.15, 0.2) is 48.5 Å². The van der Waals surface area contributed by atoms with Crippen molar-refractivity contribution in [2.45, 2.75) is 13.0 Å². The molecule has 3 unspecified atom stereocenters. The molecular weight excluding hydrogens is 468 g/mol. The van der Waals surface area contributed by atoms with Crippen LogP contribution in [-0.4, -0.2) is 84.3 Å². The molecule has 8 nitrogen and oxygen atoms in total. The number of fused-ring (bicyclic) bond motifs is 1. The van der Waals surface area contributed by atoms with Gasteiger partial charge < -0.3 is 14.7 Å². The molecule has 1 N–H and O–H groups in total. The van der Waals surface area contributed by atoms with Crippen LogP contribution in [0.1, 0.15) is 17.3 Å². The summed E-state index contributed by atoms with van der Waals surface area (Å²) in [5.41, 5.74) is 3.87. The minimum absolute atomic E-state index is 0.0427. The Labute approximate surface area is 208 Å². The minimum Gasteiger partial charge on any atom is -0.339 e. The highest BCUT2D eigenvalue weighted by Crippen LogP contribution is 2.32. The molecule has 2 aromatic carbocycles. The largest absolute Gasteiger partial charge is 0.339 e. The normalized spacial score (nSPS) is 24.7. The van der Waals surface area contributed by atoms with Gasteiger partial charge in [0.2, 0.25) is 11.8 Å². The number of nitrogens with one attached hydrogen (secondary N) is 1. The Morgan fingerprint density at radius 3 is 2.33 bits per heavy atom. The van der Waals surface area contributed by atoms with Crippen LogP contribution in [-0.2, 0) is 9.59 Å². The van der Waals surface area contributed by atoms with Crippen LogP contribution in [0.5, 0.6) is 0 Å². The summed E-state index contributed by atoms with van der Waals surface area (Å²) < 4.78 is 27.3. The molecule has 5 rings (SSSR count). The van der Waals surface area contributed by atoms with E-state index in [-0.39, 0.29) is 42.4 Å². The van der Waals surface area contributed by atoms with Gasteiger partial charge in [0.15, 0.2) is 0 Å². The number of piperidine rings is 1. The Hall–Kier alpha value is -3.37. The molecule has 0 saturated carbocycles. The lowest BCUT2D eigenvalue weighted by Crippen LogP contribution is -2.60. The van der Waals surface area contributed by atoms with Crippen LogP contribution in [0.4, 0.5) is 14.5 Å². The Balaban J connectivity index is 1.28. The van der Waals surface area contributed by atoms with Crippen molar-refractivity contribution in [2.75, 3.05) is 50.8 Å². The summed E-state index contributed by atoms with van der Waals surface area (Å²) in [6.45, 7) is 5.00. The summed E-state index contributed by atoms with van der Waals surface area (Å²) in [5, 5.41) is 1.56. The Morgan fingerprint density at radius 1 is 0.972 bits per heavy atom. The average Bonchev–Trinajstić information content (AvgIpc) is 3.24. The number of likely N-dealkylation sites (tertiary alicyclic amines) is 1. The maximum absolute atomic E-state index is 14.1. The van der Waals surface area contributed by atoms with Crippen molar-refractivity contribution < 1.29 is 23.2 Å². The highest BCUT2D eigenvalue weighted by molar-refractivity contribution is 5.98. The molecule has 36 heavy (non-hydrogen) atoms. The van der Waals surface area contributed by atoms with Gasteiger partial charge in [-0.25, -0.2) is 19.2 Å². The Morgan fingerprint density at radius 2 is 1.67 bits per heavy atom. The number of para-hydroxylation sites is 1. The molecule has 3 amide bonds. The summed E-state index contributed by atoms with van der Waals surface area (Å²) in [4.78, 5) is 45.0. The molecule has 0 bridgehead atoms. The fourth-order valence-electron chi connectivity index (χ4n) is 5.40. The first-order chi connectivity index (χ1) is 17.4. The number of rotatable bonds is 4. The summed E-state index contributed by atoms with van der Waals surface area (Å²) in [5.74, 6) is -3.01. The lowest BCUT2D eigenvalue weighted by atomic mass is 9.83. The predicted octanol–water partition coefficient (Wildman–Crippen LogP) is 1.74. The number of benzene rings is 2. The summed E-state index contributed by atoms with van der Waals surface area (Å²) in [6.07, 6.45) is 0. The van der Waals surface area contributed by atoms with E-state index in [1.54, 1.807) is 9.91 Å². The topological polar surface area (TPSA) is 76.2 Å². The van der Waals surface area contributed by atoms with Crippen LogP contribution < -0.4 is 10.4 Å². The summed E-state index contributed by atoms with van der Waals surface area (Å²) >= 11 is 0. The maximum atomic E-state index is 14.1. The Kier molecular flexibility index (Phi) is 6.72. The van der Waals surface area contributed by atoms with Crippen molar-refractivity contribution in [2.24, 2.45) is 11.8 Å². The third kappa shape index (κ3) is 4.46. The number of carbonyl (C=O) groups is 3. The fourth-order valence-corrected chi connectivity index (χ4v) is 5.40. The first kappa shape index (κ1) is 24.3. The van der Waals surface area contributed by atoms with E-state index in [0.717, 1.165) is 24.4 Å². The molecule has 0 aliphatic carbocycles. The molecule has 3 atom stereocenters. The lowest BCUT2D eigenvalue weighted by molar-refractivity contribution is -0.141. The second-order valence-corrected chi connectivity index (χ2v) is 9.47. The first-order valence-corrected chi connectivity index (χ1v) is 12.3. The van der Waals surface area contributed by atoms with Crippen molar-refractivity contribution in [1.82, 2.24) is 20.1 Å². The van der Waals surface area contributed by atoms with Crippen molar-refractivity contribution in [1.29, 1.82) is 0 Å². The van der Waals surface area contributed by atoms with E-state index in [1.807, 2.05) is 37.3 Å². The van der Waals surface area contributed by atoms with E-state index in [2.05, 4.69) is 10.3 Å². The van der Waals surface area contributed by atoms with E-state index in [9.17, 15) is 23.2 Å². The number of nitrogens with zero attached hydrogens (tertiary/aromatic N) is 4. The Bertz CT molecular complexity index is 1160. The van der Waals surface area contributed by atoms with Gasteiger partial charge in [-0.15, -0.1) is 0 Å². The monoisotopic (exact) mass is 497 g/mol. The van der Waals surface area contributed by atoms with Gasteiger partial charge >= 0.3 is 0 Å². The zero-order chi connectivity index (χ0) is 25.4. The van der Waals surface area contributed by atoms with Crippen LogP contribution in [0.2, 0.25) is 0 Å². The number of carbonyl (C=O) groups excluding carboxylic acids is 3. The molecule has 3 heterocycles.